The van der Waals surface area contributed by atoms with Crippen LogP contribution in [-0.2, 0) is 7.05 Å². The van der Waals surface area contributed by atoms with Crippen LogP contribution in [0.15, 0.2) is 30.5 Å². The number of aryl methyl sites for hydroxylation is 1. The molecule has 1 amide bonds. The molecular weight excluding hydrogens is 258 g/mol. The highest BCUT2D eigenvalue weighted by Crippen LogP contribution is 2.31. The zero-order chi connectivity index (χ0) is 14.7. The lowest BCUT2D eigenvalue weighted by Gasteiger charge is -2.14. The molecule has 0 aliphatic rings. The number of rotatable bonds is 4. The number of phenolic OH excluding ortho intramolecular Hbond substituents is 1. The van der Waals surface area contributed by atoms with E-state index in [0.29, 0.717) is 5.82 Å². The van der Waals surface area contributed by atoms with E-state index in [1.165, 1.54) is 6.07 Å². The molecule has 20 heavy (non-hydrogen) atoms. The Labute approximate surface area is 117 Å². The molecule has 0 bridgehead atoms. The lowest BCUT2D eigenvalue weighted by atomic mass is 10.1. The molecule has 0 radical (unpaired) electrons. The third kappa shape index (κ3) is 3.09. The monoisotopic (exact) mass is 275 g/mol. The molecule has 0 saturated carbocycles. The van der Waals surface area contributed by atoms with Crippen LogP contribution >= 0.6 is 0 Å². The SMILES string of the molecule is CC(C)Oc1c(O)cccc1C(=O)Nc1ccn(C)n1. The predicted molar refractivity (Wildman–Crippen MR) is 75.0 cm³/mol. The molecule has 106 valence electrons. The Bertz CT molecular complexity index is 620. The third-order valence-electron chi connectivity index (χ3n) is 2.55. The molecule has 2 rings (SSSR count). The standard InChI is InChI=1S/C14H17N3O3/c1-9(2)20-13-10(5-4-6-11(13)18)14(19)15-12-7-8-17(3)16-12/h4-9,18H,1-3H3,(H,15,16,19). The number of anilines is 1. The van der Waals surface area contributed by atoms with Gasteiger partial charge in [-0.1, -0.05) is 6.07 Å². The number of hydrogen-bond acceptors (Lipinski definition) is 4. The first-order chi connectivity index (χ1) is 9.47. The molecule has 1 aromatic heterocycles. The van der Waals surface area contributed by atoms with Crippen molar-refractivity contribution < 1.29 is 14.6 Å². The number of ether oxygens (including phenoxy) is 1. The average Bonchev–Trinajstić information content (AvgIpc) is 2.76. The number of nitrogens with one attached hydrogen (secondary N) is 1. The number of hydrogen-bond donors (Lipinski definition) is 2. The highest BCUT2D eigenvalue weighted by atomic mass is 16.5. The molecule has 0 saturated heterocycles. The van der Waals surface area contributed by atoms with Crippen LogP contribution in [0, 0.1) is 0 Å². The topological polar surface area (TPSA) is 76.4 Å². The van der Waals surface area contributed by atoms with E-state index in [2.05, 4.69) is 10.4 Å². The lowest BCUT2D eigenvalue weighted by Crippen LogP contribution is -2.16. The van der Waals surface area contributed by atoms with E-state index in [9.17, 15) is 9.90 Å². The summed E-state index contributed by atoms with van der Waals surface area (Å²) in [4.78, 5) is 12.2. The molecule has 6 nitrogen and oxygen atoms in total. The van der Waals surface area contributed by atoms with Crippen LogP contribution in [0.5, 0.6) is 11.5 Å². The quantitative estimate of drug-likeness (QED) is 0.896. The van der Waals surface area contributed by atoms with Gasteiger partial charge in [-0.15, -0.1) is 0 Å². The zero-order valence-electron chi connectivity index (χ0n) is 11.6. The van der Waals surface area contributed by atoms with Crippen molar-refractivity contribution in [1.82, 2.24) is 9.78 Å². The molecule has 0 spiro atoms. The zero-order valence-corrected chi connectivity index (χ0v) is 11.6. The number of carbonyl (C=O) groups is 1. The maximum Gasteiger partial charge on any atom is 0.260 e. The lowest BCUT2D eigenvalue weighted by molar-refractivity contribution is 0.101. The summed E-state index contributed by atoms with van der Waals surface area (Å²) in [5.74, 6) is 0.176. The molecule has 2 aromatic rings. The van der Waals surface area contributed by atoms with Crippen molar-refractivity contribution in [3.63, 3.8) is 0 Å². The van der Waals surface area contributed by atoms with Gasteiger partial charge in [0.05, 0.1) is 11.7 Å². The Morgan fingerprint density at radius 2 is 2.15 bits per heavy atom. The van der Waals surface area contributed by atoms with Crippen molar-refractivity contribution in [2.75, 3.05) is 5.32 Å². The van der Waals surface area contributed by atoms with Crippen LogP contribution in [0.25, 0.3) is 0 Å². The van der Waals surface area contributed by atoms with Crippen molar-refractivity contribution in [1.29, 1.82) is 0 Å². The average molecular weight is 275 g/mol. The summed E-state index contributed by atoms with van der Waals surface area (Å²) in [6, 6.07) is 6.35. The highest BCUT2D eigenvalue weighted by Gasteiger charge is 2.18. The minimum atomic E-state index is -0.379. The molecule has 0 atom stereocenters. The number of amides is 1. The normalized spacial score (nSPS) is 10.6. The number of carbonyl (C=O) groups excluding carboxylic acids is 1. The second kappa shape index (κ2) is 5.64. The number of aromatic nitrogens is 2. The Morgan fingerprint density at radius 1 is 1.40 bits per heavy atom. The van der Waals surface area contributed by atoms with Gasteiger partial charge in [0.1, 0.15) is 0 Å². The smallest absolute Gasteiger partial charge is 0.260 e. The van der Waals surface area contributed by atoms with E-state index in [0.717, 1.165) is 0 Å². The molecule has 0 unspecified atom stereocenters. The van der Waals surface area contributed by atoms with Gasteiger partial charge < -0.3 is 15.2 Å². The molecule has 0 aliphatic carbocycles. The van der Waals surface area contributed by atoms with Crippen LogP contribution in [-0.4, -0.2) is 26.9 Å². The Morgan fingerprint density at radius 3 is 2.75 bits per heavy atom. The maximum atomic E-state index is 12.2. The van der Waals surface area contributed by atoms with Crippen LogP contribution < -0.4 is 10.1 Å². The number of para-hydroxylation sites is 1. The van der Waals surface area contributed by atoms with Gasteiger partial charge in [-0.3, -0.25) is 9.48 Å². The largest absolute Gasteiger partial charge is 0.504 e. The first-order valence-electron chi connectivity index (χ1n) is 6.27. The van der Waals surface area contributed by atoms with Gasteiger partial charge in [0.2, 0.25) is 0 Å². The summed E-state index contributed by atoms with van der Waals surface area (Å²) in [7, 11) is 1.76. The molecule has 6 heteroatoms. The summed E-state index contributed by atoms with van der Waals surface area (Å²) in [5, 5.41) is 16.6. The van der Waals surface area contributed by atoms with Gasteiger partial charge in [-0.25, -0.2) is 0 Å². The van der Waals surface area contributed by atoms with E-state index in [1.807, 2.05) is 13.8 Å². The second-order valence-electron chi connectivity index (χ2n) is 4.65. The third-order valence-corrected chi connectivity index (χ3v) is 2.55. The number of nitrogens with zero attached hydrogens (tertiary/aromatic N) is 2. The molecule has 2 N–H and O–H groups in total. The second-order valence-corrected chi connectivity index (χ2v) is 4.65. The van der Waals surface area contributed by atoms with Gasteiger partial charge in [0.15, 0.2) is 17.3 Å². The highest BCUT2D eigenvalue weighted by molar-refractivity contribution is 6.06. The van der Waals surface area contributed by atoms with Gasteiger partial charge >= 0.3 is 0 Å². The predicted octanol–water partition coefficient (Wildman–Crippen LogP) is 2.17. The maximum absolute atomic E-state index is 12.2. The fraction of sp³-hybridized carbons (Fsp3) is 0.286. The molecule has 1 heterocycles. The molecular formula is C14H17N3O3. The van der Waals surface area contributed by atoms with Crippen molar-refractivity contribution in [3.8, 4) is 11.5 Å². The summed E-state index contributed by atoms with van der Waals surface area (Å²) < 4.78 is 7.09. The Hall–Kier alpha value is -2.50. The van der Waals surface area contributed by atoms with E-state index in [-0.39, 0.29) is 29.1 Å². The van der Waals surface area contributed by atoms with Crippen molar-refractivity contribution >= 4 is 11.7 Å². The van der Waals surface area contributed by atoms with Crippen LogP contribution in [0.1, 0.15) is 24.2 Å². The summed E-state index contributed by atoms with van der Waals surface area (Å²) in [6.45, 7) is 3.65. The first-order valence-corrected chi connectivity index (χ1v) is 6.27. The number of phenols is 1. The minimum Gasteiger partial charge on any atom is -0.504 e. The molecule has 0 fully saturated rings. The van der Waals surface area contributed by atoms with E-state index in [1.54, 1.807) is 36.1 Å². The Kier molecular flexibility index (Phi) is 3.93. The fourth-order valence-corrected chi connectivity index (χ4v) is 1.73. The summed E-state index contributed by atoms with van der Waals surface area (Å²) in [5.41, 5.74) is 0.268. The number of benzene rings is 1. The van der Waals surface area contributed by atoms with Crippen molar-refractivity contribution in [2.45, 2.75) is 20.0 Å². The van der Waals surface area contributed by atoms with Gasteiger partial charge in [0, 0.05) is 19.3 Å². The van der Waals surface area contributed by atoms with E-state index >= 15 is 0 Å². The summed E-state index contributed by atoms with van der Waals surface area (Å²) >= 11 is 0. The van der Waals surface area contributed by atoms with E-state index in [4.69, 9.17) is 4.74 Å². The summed E-state index contributed by atoms with van der Waals surface area (Å²) in [6.07, 6.45) is 1.58. The minimum absolute atomic E-state index is 0.0626. The molecule has 1 aromatic carbocycles. The van der Waals surface area contributed by atoms with Crippen LogP contribution in [0.2, 0.25) is 0 Å². The first kappa shape index (κ1) is 13.9. The van der Waals surface area contributed by atoms with Crippen molar-refractivity contribution in [2.24, 2.45) is 7.05 Å². The number of aromatic hydroxyl groups is 1. The van der Waals surface area contributed by atoms with Crippen molar-refractivity contribution in [3.05, 3.63) is 36.0 Å². The van der Waals surface area contributed by atoms with Crippen LogP contribution in [0.3, 0.4) is 0 Å². The van der Waals surface area contributed by atoms with Gasteiger partial charge in [-0.05, 0) is 26.0 Å². The van der Waals surface area contributed by atoms with Crippen LogP contribution in [0.4, 0.5) is 5.82 Å². The fourth-order valence-electron chi connectivity index (χ4n) is 1.73. The van der Waals surface area contributed by atoms with Gasteiger partial charge in [0.25, 0.3) is 5.91 Å². The molecule has 0 aliphatic heterocycles. The van der Waals surface area contributed by atoms with Gasteiger partial charge in [-0.2, -0.15) is 5.10 Å². The Balaban J connectivity index is 2.27. The van der Waals surface area contributed by atoms with E-state index < -0.39 is 0 Å².